The molecule has 0 aliphatic carbocycles. The molecule has 0 fully saturated rings. The third-order valence-electron chi connectivity index (χ3n) is 2.90. The van der Waals surface area contributed by atoms with Gasteiger partial charge >= 0.3 is 0 Å². The number of hydrogen-bond acceptors (Lipinski definition) is 3. The molecule has 0 aromatic heterocycles. The van der Waals surface area contributed by atoms with Crippen molar-refractivity contribution in [1.29, 1.82) is 0 Å². The van der Waals surface area contributed by atoms with Gasteiger partial charge in [-0.2, -0.15) is 0 Å². The van der Waals surface area contributed by atoms with Crippen molar-refractivity contribution in [3.05, 3.63) is 12.2 Å². The first-order valence-corrected chi connectivity index (χ1v) is 6.36. The van der Waals surface area contributed by atoms with Crippen molar-refractivity contribution in [3.8, 4) is 0 Å². The summed E-state index contributed by atoms with van der Waals surface area (Å²) < 4.78 is 5.89. The van der Waals surface area contributed by atoms with Gasteiger partial charge < -0.3 is 15.4 Å². The Bertz CT molecular complexity index is 296. The maximum Gasteiger partial charge on any atom is 0.246 e. The first kappa shape index (κ1) is 17.1. The molecule has 106 valence electrons. The molecule has 2 N–H and O–H groups in total. The summed E-state index contributed by atoms with van der Waals surface area (Å²) in [7, 11) is 1.92. The summed E-state index contributed by atoms with van der Waals surface area (Å²) in [6.45, 7) is 14.8. The number of hydrogen-bond donors (Lipinski definition) is 2. The Morgan fingerprint density at radius 3 is 2.28 bits per heavy atom. The second kappa shape index (κ2) is 6.90. The Hall–Kier alpha value is -0.870. The van der Waals surface area contributed by atoms with Gasteiger partial charge in [-0.25, -0.2) is 0 Å². The van der Waals surface area contributed by atoms with Crippen molar-refractivity contribution in [1.82, 2.24) is 10.6 Å². The van der Waals surface area contributed by atoms with Gasteiger partial charge in [-0.1, -0.05) is 6.58 Å². The molecule has 0 saturated heterocycles. The van der Waals surface area contributed by atoms with Crippen molar-refractivity contribution in [3.63, 3.8) is 0 Å². The lowest BCUT2D eigenvalue weighted by atomic mass is 10.0. The number of nitrogens with one attached hydrogen (secondary N) is 2. The maximum atomic E-state index is 11.3. The topological polar surface area (TPSA) is 50.4 Å². The third-order valence-corrected chi connectivity index (χ3v) is 2.90. The number of likely N-dealkylation sites (N-methyl/N-ethyl adjacent to an activating group) is 1. The largest absolute Gasteiger partial charge is 0.374 e. The molecular formula is C14H28N2O2. The second-order valence-electron chi connectivity index (χ2n) is 5.97. The van der Waals surface area contributed by atoms with Gasteiger partial charge in [0.1, 0.15) is 0 Å². The van der Waals surface area contributed by atoms with Gasteiger partial charge in [-0.05, 0) is 48.1 Å². The third kappa shape index (κ3) is 7.45. The SMILES string of the molecule is C=C(C)C(=O)NCCC(C)(C)OCC(C)(C)NC. The lowest BCUT2D eigenvalue weighted by molar-refractivity contribution is -0.117. The van der Waals surface area contributed by atoms with Crippen LogP contribution in [0.25, 0.3) is 0 Å². The van der Waals surface area contributed by atoms with Gasteiger partial charge in [-0.3, -0.25) is 4.79 Å². The molecule has 0 aromatic carbocycles. The predicted octanol–water partition coefficient (Wildman–Crippen LogP) is 1.86. The smallest absolute Gasteiger partial charge is 0.246 e. The lowest BCUT2D eigenvalue weighted by Gasteiger charge is -2.32. The summed E-state index contributed by atoms with van der Waals surface area (Å²) >= 11 is 0. The van der Waals surface area contributed by atoms with Crippen LogP contribution in [0, 0.1) is 0 Å². The molecule has 0 spiro atoms. The highest BCUT2D eigenvalue weighted by Crippen LogP contribution is 2.16. The molecule has 0 aliphatic heterocycles. The zero-order valence-corrected chi connectivity index (χ0v) is 12.6. The van der Waals surface area contributed by atoms with E-state index >= 15 is 0 Å². The fraction of sp³-hybridized carbons (Fsp3) is 0.786. The van der Waals surface area contributed by atoms with Gasteiger partial charge in [0.2, 0.25) is 5.91 Å². The molecule has 0 aromatic rings. The molecule has 0 radical (unpaired) electrons. The minimum Gasteiger partial charge on any atom is -0.374 e. The lowest BCUT2D eigenvalue weighted by Crippen LogP contribution is -2.44. The van der Waals surface area contributed by atoms with Crippen molar-refractivity contribution >= 4 is 5.91 Å². The number of ether oxygens (including phenoxy) is 1. The normalized spacial score (nSPS) is 12.3. The van der Waals surface area contributed by atoms with E-state index < -0.39 is 0 Å². The summed E-state index contributed by atoms with van der Waals surface area (Å²) in [5.41, 5.74) is 0.236. The Kier molecular flexibility index (Phi) is 6.57. The minimum absolute atomic E-state index is 0.0434. The van der Waals surface area contributed by atoms with Gasteiger partial charge in [0.05, 0.1) is 12.2 Å². The van der Waals surface area contributed by atoms with E-state index in [2.05, 4.69) is 31.1 Å². The monoisotopic (exact) mass is 256 g/mol. The van der Waals surface area contributed by atoms with Gasteiger partial charge in [0.15, 0.2) is 0 Å². The molecule has 0 saturated carbocycles. The van der Waals surface area contributed by atoms with Crippen molar-refractivity contribution in [2.75, 3.05) is 20.2 Å². The van der Waals surface area contributed by atoms with Crippen LogP contribution in [0.5, 0.6) is 0 Å². The molecule has 0 bridgehead atoms. The van der Waals surface area contributed by atoms with Gasteiger partial charge in [0, 0.05) is 17.7 Å². The number of rotatable bonds is 8. The zero-order valence-electron chi connectivity index (χ0n) is 12.6. The van der Waals surface area contributed by atoms with E-state index in [4.69, 9.17) is 4.74 Å². The van der Waals surface area contributed by atoms with E-state index in [1.165, 1.54) is 0 Å². The summed E-state index contributed by atoms with van der Waals surface area (Å²) in [5.74, 6) is -0.0960. The molecular weight excluding hydrogens is 228 g/mol. The minimum atomic E-state index is -0.253. The summed E-state index contributed by atoms with van der Waals surface area (Å²) in [5, 5.41) is 6.01. The molecule has 4 nitrogen and oxygen atoms in total. The molecule has 1 amide bonds. The predicted molar refractivity (Wildman–Crippen MR) is 75.6 cm³/mol. The number of carbonyl (C=O) groups is 1. The average molecular weight is 256 g/mol. The summed E-state index contributed by atoms with van der Waals surface area (Å²) in [6, 6.07) is 0. The van der Waals surface area contributed by atoms with Crippen molar-refractivity contribution < 1.29 is 9.53 Å². The van der Waals surface area contributed by atoms with Crippen LogP contribution < -0.4 is 10.6 Å². The van der Waals surface area contributed by atoms with E-state index in [0.717, 1.165) is 6.42 Å². The zero-order chi connectivity index (χ0) is 14.4. The Morgan fingerprint density at radius 2 is 1.83 bits per heavy atom. The first-order valence-electron chi connectivity index (χ1n) is 6.36. The van der Waals surface area contributed by atoms with Crippen LogP contribution in [-0.2, 0) is 9.53 Å². The second-order valence-corrected chi connectivity index (χ2v) is 5.97. The summed E-state index contributed by atoms with van der Waals surface area (Å²) in [6.07, 6.45) is 0.770. The Balaban J connectivity index is 4.01. The van der Waals surface area contributed by atoms with Gasteiger partial charge in [0.25, 0.3) is 0 Å². The maximum absolute atomic E-state index is 11.3. The van der Waals surface area contributed by atoms with Crippen molar-refractivity contribution in [2.24, 2.45) is 0 Å². The highest BCUT2D eigenvalue weighted by molar-refractivity contribution is 5.91. The van der Waals surface area contributed by atoms with Gasteiger partial charge in [-0.15, -0.1) is 0 Å². The fourth-order valence-electron chi connectivity index (χ4n) is 1.15. The fourth-order valence-corrected chi connectivity index (χ4v) is 1.15. The van der Waals surface area contributed by atoms with E-state index in [1.54, 1.807) is 6.92 Å². The highest BCUT2D eigenvalue weighted by atomic mass is 16.5. The number of amides is 1. The van der Waals surface area contributed by atoms with Crippen LogP contribution in [0.2, 0.25) is 0 Å². The highest BCUT2D eigenvalue weighted by Gasteiger charge is 2.23. The first-order chi connectivity index (χ1) is 8.09. The quantitative estimate of drug-likeness (QED) is 0.652. The van der Waals surface area contributed by atoms with E-state index in [-0.39, 0.29) is 17.0 Å². The standard InChI is InChI=1S/C14H28N2O2/c1-11(2)12(17)16-9-8-14(5,6)18-10-13(3,4)15-7/h15H,1,8-10H2,2-7H3,(H,16,17). The van der Waals surface area contributed by atoms with E-state index in [0.29, 0.717) is 18.7 Å². The van der Waals surface area contributed by atoms with Crippen LogP contribution in [0.4, 0.5) is 0 Å². The van der Waals surface area contributed by atoms with Crippen LogP contribution in [0.1, 0.15) is 41.0 Å². The molecule has 0 aliphatic rings. The summed E-state index contributed by atoms with van der Waals surface area (Å²) in [4.78, 5) is 11.3. The van der Waals surface area contributed by atoms with E-state index in [9.17, 15) is 4.79 Å². The number of carbonyl (C=O) groups excluding carboxylic acids is 1. The molecule has 18 heavy (non-hydrogen) atoms. The molecule has 0 unspecified atom stereocenters. The molecule has 0 heterocycles. The van der Waals surface area contributed by atoms with Crippen molar-refractivity contribution in [2.45, 2.75) is 52.2 Å². The van der Waals surface area contributed by atoms with Crippen LogP contribution >= 0.6 is 0 Å². The molecule has 0 atom stereocenters. The molecule has 4 heteroatoms. The van der Waals surface area contributed by atoms with Crippen LogP contribution in [0.3, 0.4) is 0 Å². The average Bonchev–Trinajstić information content (AvgIpc) is 2.26. The Labute approximate surface area is 111 Å². The Morgan fingerprint density at radius 1 is 1.28 bits per heavy atom. The van der Waals surface area contributed by atoms with Crippen LogP contribution in [-0.4, -0.2) is 37.2 Å². The van der Waals surface area contributed by atoms with Crippen LogP contribution in [0.15, 0.2) is 12.2 Å². The van der Waals surface area contributed by atoms with E-state index in [1.807, 2.05) is 20.9 Å². The molecule has 0 rings (SSSR count).